The summed E-state index contributed by atoms with van der Waals surface area (Å²) in [4.78, 5) is 4.27. The van der Waals surface area contributed by atoms with Crippen molar-refractivity contribution < 1.29 is 9.26 Å². The lowest BCUT2D eigenvalue weighted by molar-refractivity contribution is 0.0854. The summed E-state index contributed by atoms with van der Waals surface area (Å²) < 4.78 is 10.4. The average molecular weight is 225 g/mol. The summed E-state index contributed by atoms with van der Waals surface area (Å²) in [5, 5.41) is 7.01. The second-order valence-corrected chi connectivity index (χ2v) is 3.48. The largest absolute Gasteiger partial charge is 0.373 e. The van der Waals surface area contributed by atoms with Gasteiger partial charge in [-0.3, -0.25) is 0 Å². The standard InChI is InChI=1S/C11H19N3O2/c1-4-6-9(15-3)11-13-10(16-14-11)8-12-7-5-2/h5,9,12H,2,4,6-8H2,1,3H3. The molecule has 0 fully saturated rings. The molecular weight excluding hydrogens is 206 g/mol. The molecule has 0 aliphatic heterocycles. The molecule has 0 aliphatic carbocycles. The van der Waals surface area contributed by atoms with Crippen LogP contribution >= 0.6 is 0 Å². The van der Waals surface area contributed by atoms with Gasteiger partial charge in [-0.05, 0) is 6.42 Å². The van der Waals surface area contributed by atoms with Crippen molar-refractivity contribution in [3.63, 3.8) is 0 Å². The van der Waals surface area contributed by atoms with Gasteiger partial charge in [-0.15, -0.1) is 6.58 Å². The van der Waals surface area contributed by atoms with Crippen molar-refractivity contribution in [1.29, 1.82) is 0 Å². The monoisotopic (exact) mass is 225 g/mol. The molecular formula is C11H19N3O2. The van der Waals surface area contributed by atoms with Crippen molar-refractivity contribution >= 4 is 0 Å². The molecule has 16 heavy (non-hydrogen) atoms. The van der Waals surface area contributed by atoms with Gasteiger partial charge in [-0.1, -0.05) is 24.6 Å². The van der Waals surface area contributed by atoms with Crippen LogP contribution in [0.4, 0.5) is 0 Å². The van der Waals surface area contributed by atoms with Crippen LogP contribution < -0.4 is 5.32 Å². The van der Waals surface area contributed by atoms with E-state index in [1.165, 1.54) is 0 Å². The fourth-order valence-electron chi connectivity index (χ4n) is 1.37. The Kier molecular flexibility index (Phi) is 5.74. The Morgan fingerprint density at radius 1 is 1.62 bits per heavy atom. The van der Waals surface area contributed by atoms with E-state index >= 15 is 0 Å². The zero-order chi connectivity index (χ0) is 11.8. The highest BCUT2D eigenvalue weighted by molar-refractivity contribution is 4.91. The molecule has 0 spiro atoms. The van der Waals surface area contributed by atoms with Crippen LogP contribution in [0.15, 0.2) is 17.2 Å². The maximum absolute atomic E-state index is 5.29. The van der Waals surface area contributed by atoms with E-state index in [2.05, 4.69) is 29.0 Å². The van der Waals surface area contributed by atoms with Crippen LogP contribution in [0.1, 0.15) is 37.6 Å². The molecule has 0 saturated carbocycles. The van der Waals surface area contributed by atoms with Gasteiger partial charge in [0.15, 0.2) is 0 Å². The fraction of sp³-hybridized carbons (Fsp3) is 0.636. The third-order valence-electron chi connectivity index (χ3n) is 2.17. The summed E-state index contributed by atoms with van der Waals surface area (Å²) >= 11 is 0. The van der Waals surface area contributed by atoms with Crippen LogP contribution in [0.25, 0.3) is 0 Å². The first-order chi connectivity index (χ1) is 7.81. The highest BCUT2D eigenvalue weighted by Crippen LogP contribution is 2.18. The maximum atomic E-state index is 5.29. The number of hydrogen-bond donors (Lipinski definition) is 1. The molecule has 0 aromatic carbocycles. The molecule has 5 heteroatoms. The summed E-state index contributed by atoms with van der Waals surface area (Å²) in [5.41, 5.74) is 0. The molecule has 0 amide bonds. The van der Waals surface area contributed by atoms with Crippen molar-refractivity contribution in [2.24, 2.45) is 0 Å². The minimum atomic E-state index is -0.0677. The van der Waals surface area contributed by atoms with E-state index in [0.29, 0.717) is 18.3 Å². The minimum absolute atomic E-state index is 0.0677. The molecule has 1 aromatic rings. The second-order valence-electron chi connectivity index (χ2n) is 3.48. The number of methoxy groups -OCH3 is 1. The lowest BCUT2D eigenvalue weighted by Gasteiger charge is -2.08. The lowest BCUT2D eigenvalue weighted by atomic mass is 10.2. The first kappa shape index (κ1) is 12.9. The smallest absolute Gasteiger partial charge is 0.240 e. The minimum Gasteiger partial charge on any atom is -0.373 e. The molecule has 1 rings (SSSR count). The van der Waals surface area contributed by atoms with E-state index in [9.17, 15) is 0 Å². The number of nitrogens with zero attached hydrogens (tertiary/aromatic N) is 2. The number of ether oxygens (including phenoxy) is 1. The van der Waals surface area contributed by atoms with Crippen LogP contribution in [0, 0.1) is 0 Å². The van der Waals surface area contributed by atoms with Gasteiger partial charge in [0, 0.05) is 13.7 Å². The van der Waals surface area contributed by atoms with Crippen molar-refractivity contribution in [1.82, 2.24) is 15.5 Å². The topological polar surface area (TPSA) is 60.2 Å². The van der Waals surface area contributed by atoms with E-state index in [1.54, 1.807) is 13.2 Å². The summed E-state index contributed by atoms with van der Waals surface area (Å²) in [6.07, 6.45) is 3.64. The highest BCUT2D eigenvalue weighted by Gasteiger charge is 2.16. The van der Waals surface area contributed by atoms with Gasteiger partial charge in [0.05, 0.1) is 6.54 Å². The van der Waals surface area contributed by atoms with Crippen LogP contribution in [0.2, 0.25) is 0 Å². The molecule has 0 saturated heterocycles. The molecule has 0 radical (unpaired) electrons. The predicted octanol–water partition coefficient (Wildman–Crippen LogP) is 1.83. The Hall–Kier alpha value is -1.20. The van der Waals surface area contributed by atoms with E-state index < -0.39 is 0 Å². The van der Waals surface area contributed by atoms with Gasteiger partial charge < -0.3 is 14.6 Å². The Labute approximate surface area is 95.9 Å². The third kappa shape index (κ3) is 3.75. The lowest BCUT2D eigenvalue weighted by Crippen LogP contribution is -2.13. The first-order valence-electron chi connectivity index (χ1n) is 5.48. The molecule has 1 aromatic heterocycles. The Bertz CT molecular complexity index is 312. The number of nitrogens with one attached hydrogen (secondary N) is 1. The van der Waals surface area contributed by atoms with Crippen molar-refractivity contribution in [3.8, 4) is 0 Å². The van der Waals surface area contributed by atoms with Crippen LogP contribution in [0.3, 0.4) is 0 Å². The number of aromatic nitrogens is 2. The van der Waals surface area contributed by atoms with Crippen LogP contribution in [0.5, 0.6) is 0 Å². The Balaban J connectivity index is 2.51. The predicted molar refractivity (Wildman–Crippen MR) is 60.9 cm³/mol. The zero-order valence-electron chi connectivity index (χ0n) is 9.90. The zero-order valence-corrected chi connectivity index (χ0v) is 9.90. The number of hydrogen-bond acceptors (Lipinski definition) is 5. The quantitative estimate of drug-likeness (QED) is 0.540. The second kappa shape index (κ2) is 7.14. The van der Waals surface area contributed by atoms with E-state index in [-0.39, 0.29) is 6.10 Å². The highest BCUT2D eigenvalue weighted by atomic mass is 16.5. The fourth-order valence-corrected chi connectivity index (χ4v) is 1.37. The van der Waals surface area contributed by atoms with Gasteiger partial charge in [-0.2, -0.15) is 4.98 Å². The van der Waals surface area contributed by atoms with Gasteiger partial charge >= 0.3 is 0 Å². The van der Waals surface area contributed by atoms with Crippen molar-refractivity contribution in [2.45, 2.75) is 32.4 Å². The number of rotatable bonds is 8. The maximum Gasteiger partial charge on any atom is 0.240 e. The van der Waals surface area contributed by atoms with E-state index in [1.807, 2.05) is 0 Å². The summed E-state index contributed by atoms with van der Waals surface area (Å²) in [6.45, 7) is 6.99. The van der Waals surface area contributed by atoms with Gasteiger partial charge in [0.2, 0.25) is 11.7 Å². The van der Waals surface area contributed by atoms with Gasteiger partial charge in [0.25, 0.3) is 0 Å². The molecule has 1 heterocycles. The SMILES string of the molecule is C=CCNCc1nc(C(CCC)OC)no1. The molecule has 5 nitrogen and oxygen atoms in total. The Morgan fingerprint density at radius 2 is 2.44 bits per heavy atom. The average Bonchev–Trinajstić information content (AvgIpc) is 2.75. The molecule has 1 atom stereocenters. The summed E-state index contributed by atoms with van der Waals surface area (Å²) in [5.74, 6) is 1.20. The van der Waals surface area contributed by atoms with E-state index in [0.717, 1.165) is 19.4 Å². The van der Waals surface area contributed by atoms with Crippen molar-refractivity contribution in [3.05, 3.63) is 24.4 Å². The molecule has 0 bridgehead atoms. The molecule has 0 aliphatic rings. The van der Waals surface area contributed by atoms with Crippen LogP contribution in [-0.4, -0.2) is 23.8 Å². The molecule has 1 unspecified atom stereocenters. The van der Waals surface area contributed by atoms with Gasteiger partial charge in [0.1, 0.15) is 6.10 Å². The molecule has 1 N–H and O–H groups in total. The summed E-state index contributed by atoms with van der Waals surface area (Å²) in [6, 6.07) is 0. The van der Waals surface area contributed by atoms with Gasteiger partial charge in [-0.25, -0.2) is 0 Å². The van der Waals surface area contributed by atoms with Crippen molar-refractivity contribution in [2.75, 3.05) is 13.7 Å². The molecule has 90 valence electrons. The summed E-state index contributed by atoms with van der Waals surface area (Å²) in [7, 11) is 1.66. The normalized spacial score (nSPS) is 12.6. The van der Waals surface area contributed by atoms with E-state index in [4.69, 9.17) is 9.26 Å². The van der Waals surface area contributed by atoms with Crippen LogP contribution in [-0.2, 0) is 11.3 Å². The first-order valence-corrected chi connectivity index (χ1v) is 5.48. The Morgan fingerprint density at radius 3 is 3.06 bits per heavy atom. The third-order valence-corrected chi connectivity index (χ3v) is 2.17.